The third-order valence-electron chi connectivity index (χ3n) is 14.5. The molecule has 0 unspecified atom stereocenters. The molecule has 0 radical (unpaired) electrons. The molecule has 0 saturated heterocycles. The molecule has 4 nitrogen and oxygen atoms in total. The van der Waals surface area contributed by atoms with Gasteiger partial charge in [-0.15, -0.1) is 11.3 Å². The van der Waals surface area contributed by atoms with Crippen LogP contribution in [0, 0.1) is 0 Å². The summed E-state index contributed by atoms with van der Waals surface area (Å²) in [6.07, 6.45) is 0. The van der Waals surface area contributed by atoms with Crippen molar-refractivity contribution in [3.8, 4) is 33.6 Å². The molecule has 332 valence electrons. The standard InChI is InChI=1S/C66H41N3OS/c1-3-13-42(14-4-1)43-23-29-47(30-24-43)67(46-15-5-2-6-16-46)48-31-25-44(26-32-48)45-27-33-49(34-28-45)68-57-20-10-7-18-54(57)63-59(68)38-36-52-53-37-39-60-64(66(53)71-65(52)63)55-19-8-11-21-58(55)69(60)50-35-40-62-56(41-50)51-17-9-12-22-61(51)70-62/h1-41H. The average Bonchev–Trinajstić information content (AvgIpc) is 4.19. The summed E-state index contributed by atoms with van der Waals surface area (Å²) in [5.41, 5.74) is 17.0. The van der Waals surface area contributed by atoms with Crippen molar-refractivity contribution in [3.63, 3.8) is 0 Å². The maximum atomic E-state index is 6.24. The van der Waals surface area contributed by atoms with Crippen molar-refractivity contribution in [2.45, 2.75) is 0 Å². The zero-order chi connectivity index (χ0) is 46.6. The molecule has 0 N–H and O–H groups in total. The van der Waals surface area contributed by atoms with E-state index in [1.165, 1.54) is 86.0 Å². The third-order valence-corrected chi connectivity index (χ3v) is 15.8. The minimum absolute atomic E-state index is 0.903. The monoisotopic (exact) mass is 923 g/mol. The number of benzene rings is 11. The molecule has 15 aromatic rings. The summed E-state index contributed by atoms with van der Waals surface area (Å²) >= 11 is 1.93. The van der Waals surface area contributed by atoms with Gasteiger partial charge in [0.1, 0.15) is 11.2 Å². The predicted octanol–water partition coefficient (Wildman–Crippen LogP) is 19.0. The largest absolute Gasteiger partial charge is 0.456 e. The molecule has 15 rings (SSSR count). The smallest absolute Gasteiger partial charge is 0.135 e. The van der Waals surface area contributed by atoms with Gasteiger partial charge in [-0.05, 0) is 119 Å². The highest BCUT2D eigenvalue weighted by Gasteiger charge is 2.22. The Labute approximate surface area is 412 Å². The van der Waals surface area contributed by atoms with Crippen molar-refractivity contribution in [3.05, 3.63) is 249 Å². The number of hydrogen-bond acceptors (Lipinski definition) is 3. The van der Waals surface area contributed by atoms with Crippen LogP contribution in [-0.2, 0) is 0 Å². The summed E-state index contributed by atoms with van der Waals surface area (Å²) in [5, 5.41) is 9.95. The molecule has 4 heterocycles. The first kappa shape index (κ1) is 39.8. The Morgan fingerprint density at radius 3 is 1.32 bits per heavy atom. The number of nitrogens with zero attached hydrogens (tertiary/aromatic N) is 3. The van der Waals surface area contributed by atoms with Crippen LogP contribution in [0.2, 0.25) is 0 Å². The van der Waals surface area contributed by atoms with Crippen molar-refractivity contribution in [2.75, 3.05) is 4.90 Å². The predicted molar refractivity (Wildman–Crippen MR) is 301 cm³/mol. The number of anilines is 3. The second-order valence-corrected chi connectivity index (χ2v) is 19.5. The molecule has 0 bridgehead atoms. The van der Waals surface area contributed by atoms with Gasteiger partial charge in [-0.1, -0.05) is 152 Å². The molecule has 0 aliphatic rings. The molecule has 0 fully saturated rings. The molecule has 0 saturated carbocycles. The molecule has 71 heavy (non-hydrogen) atoms. The van der Waals surface area contributed by atoms with Gasteiger partial charge in [0.2, 0.25) is 0 Å². The molecule has 0 atom stereocenters. The lowest BCUT2D eigenvalue weighted by Gasteiger charge is -2.26. The van der Waals surface area contributed by atoms with Gasteiger partial charge in [0.25, 0.3) is 0 Å². The lowest BCUT2D eigenvalue weighted by molar-refractivity contribution is 0.669. The molecule has 5 heteroatoms. The van der Waals surface area contributed by atoms with E-state index in [9.17, 15) is 0 Å². The Balaban J connectivity index is 0.816. The summed E-state index contributed by atoms with van der Waals surface area (Å²) in [4.78, 5) is 2.32. The van der Waals surface area contributed by atoms with Crippen LogP contribution in [0.25, 0.3) is 119 Å². The molecule has 0 aliphatic carbocycles. The first-order chi connectivity index (χ1) is 35.2. The Bertz CT molecular complexity index is 4540. The number of thiophene rings is 1. The van der Waals surface area contributed by atoms with Gasteiger partial charge in [-0.3, -0.25) is 0 Å². The van der Waals surface area contributed by atoms with Crippen LogP contribution >= 0.6 is 11.3 Å². The van der Waals surface area contributed by atoms with E-state index >= 15 is 0 Å². The van der Waals surface area contributed by atoms with Crippen molar-refractivity contribution in [1.29, 1.82) is 0 Å². The van der Waals surface area contributed by atoms with E-state index in [-0.39, 0.29) is 0 Å². The topological polar surface area (TPSA) is 26.2 Å². The van der Waals surface area contributed by atoms with Crippen LogP contribution in [0.3, 0.4) is 0 Å². The number of fused-ring (bicyclic) bond motifs is 14. The molecular weight excluding hydrogens is 883 g/mol. The van der Waals surface area contributed by atoms with Gasteiger partial charge < -0.3 is 18.5 Å². The SMILES string of the molecule is c1ccc(-c2ccc(N(c3ccccc3)c3ccc(-c4ccc(-n5c6ccccc6c6c7sc8c(ccc9c8c8ccccc8n9-c8ccc9oc%10ccccc%10c9c8)c7ccc65)cc4)cc3)cc2)cc1. The fourth-order valence-corrected chi connectivity index (χ4v) is 12.7. The first-order valence-corrected chi connectivity index (χ1v) is 25.0. The molecular formula is C66H41N3OS. The third kappa shape index (κ3) is 6.17. The van der Waals surface area contributed by atoms with E-state index in [0.717, 1.165) is 50.4 Å². The van der Waals surface area contributed by atoms with E-state index in [2.05, 4.69) is 251 Å². The Hall–Kier alpha value is -9.16. The van der Waals surface area contributed by atoms with Crippen LogP contribution in [0.1, 0.15) is 0 Å². The lowest BCUT2D eigenvalue weighted by Crippen LogP contribution is -2.09. The second kappa shape index (κ2) is 15.7. The van der Waals surface area contributed by atoms with Crippen molar-refractivity contribution < 1.29 is 4.42 Å². The number of rotatable bonds is 7. The Morgan fingerprint density at radius 2 is 0.732 bits per heavy atom. The maximum Gasteiger partial charge on any atom is 0.135 e. The zero-order valence-electron chi connectivity index (χ0n) is 38.3. The summed E-state index contributed by atoms with van der Waals surface area (Å²) in [6.45, 7) is 0. The van der Waals surface area contributed by atoms with Gasteiger partial charge in [-0.25, -0.2) is 0 Å². The fraction of sp³-hybridized carbons (Fsp3) is 0. The van der Waals surface area contributed by atoms with Crippen molar-refractivity contribution in [2.24, 2.45) is 0 Å². The Morgan fingerprint density at radius 1 is 0.296 bits per heavy atom. The maximum absolute atomic E-state index is 6.24. The van der Waals surface area contributed by atoms with Crippen LogP contribution in [0.5, 0.6) is 0 Å². The number of furan rings is 1. The highest BCUT2D eigenvalue weighted by Crippen LogP contribution is 2.48. The molecule has 0 amide bonds. The van der Waals surface area contributed by atoms with Gasteiger partial charge in [0.05, 0.1) is 22.1 Å². The number of para-hydroxylation sites is 4. The van der Waals surface area contributed by atoms with Crippen molar-refractivity contribution in [1.82, 2.24) is 9.13 Å². The first-order valence-electron chi connectivity index (χ1n) is 24.2. The Kier molecular flexibility index (Phi) is 8.79. The van der Waals surface area contributed by atoms with E-state index in [1.54, 1.807) is 0 Å². The van der Waals surface area contributed by atoms with Gasteiger partial charge in [0, 0.05) is 80.9 Å². The summed E-state index contributed by atoms with van der Waals surface area (Å²) in [6, 6.07) is 90.1. The molecule has 4 aromatic heterocycles. The van der Waals surface area contributed by atoms with Gasteiger partial charge in [0.15, 0.2) is 0 Å². The average molecular weight is 924 g/mol. The van der Waals surface area contributed by atoms with E-state index in [0.29, 0.717) is 0 Å². The second-order valence-electron chi connectivity index (χ2n) is 18.4. The van der Waals surface area contributed by atoms with E-state index < -0.39 is 0 Å². The van der Waals surface area contributed by atoms with Crippen LogP contribution in [0.4, 0.5) is 17.1 Å². The van der Waals surface area contributed by atoms with E-state index in [1.807, 2.05) is 23.5 Å². The minimum Gasteiger partial charge on any atom is -0.456 e. The lowest BCUT2D eigenvalue weighted by atomic mass is 10.0. The highest BCUT2D eigenvalue weighted by atomic mass is 32.1. The van der Waals surface area contributed by atoms with Gasteiger partial charge >= 0.3 is 0 Å². The summed E-state index contributed by atoms with van der Waals surface area (Å²) in [7, 11) is 0. The van der Waals surface area contributed by atoms with Crippen LogP contribution in [0.15, 0.2) is 253 Å². The fourth-order valence-electron chi connectivity index (χ4n) is 11.3. The highest BCUT2D eigenvalue weighted by molar-refractivity contribution is 7.27. The molecule has 0 spiro atoms. The van der Waals surface area contributed by atoms with Gasteiger partial charge in [-0.2, -0.15) is 0 Å². The number of hydrogen-bond donors (Lipinski definition) is 0. The van der Waals surface area contributed by atoms with E-state index in [4.69, 9.17) is 4.42 Å². The number of aromatic nitrogens is 2. The molecule has 0 aliphatic heterocycles. The summed E-state index contributed by atoms with van der Waals surface area (Å²) in [5.74, 6) is 0. The summed E-state index contributed by atoms with van der Waals surface area (Å²) < 4.78 is 13.8. The normalized spacial score (nSPS) is 11.9. The molecule has 11 aromatic carbocycles. The van der Waals surface area contributed by atoms with Crippen LogP contribution < -0.4 is 4.90 Å². The van der Waals surface area contributed by atoms with Crippen LogP contribution in [-0.4, -0.2) is 9.13 Å². The quantitative estimate of drug-likeness (QED) is 0.159. The zero-order valence-corrected chi connectivity index (χ0v) is 39.1. The minimum atomic E-state index is 0.903. The van der Waals surface area contributed by atoms with Crippen molar-refractivity contribution >= 4 is 114 Å².